The van der Waals surface area contributed by atoms with E-state index in [2.05, 4.69) is 0 Å². The Bertz CT molecular complexity index is 857. The van der Waals surface area contributed by atoms with Gasteiger partial charge in [-0.25, -0.2) is 8.42 Å². The van der Waals surface area contributed by atoms with E-state index in [1.165, 1.54) is 6.26 Å². The first-order valence-corrected chi connectivity index (χ1v) is 7.47. The molecule has 0 bridgehead atoms. The average Bonchev–Trinajstić information content (AvgIpc) is 2.65. The summed E-state index contributed by atoms with van der Waals surface area (Å²) in [6.45, 7) is 2.00. The molecule has 0 aliphatic rings. The summed E-state index contributed by atoms with van der Waals surface area (Å²) in [7, 11) is -3.19. The van der Waals surface area contributed by atoms with Crippen LogP contribution in [0.4, 0.5) is 0 Å². The normalized spacial score (nSPS) is 12.3. The van der Waals surface area contributed by atoms with Gasteiger partial charge in [-0.1, -0.05) is 11.6 Å². The quantitative estimate of drug-likeness (QED) is 0.674. The molecule has 0 amide bonds. The molecule has 0 saturated carbocycles. The maximum atomic E-state index is 11.6. The van der Waals surface area contributed by atoms with Crippen LogP contribution in [0.5, 0.6) is 0 Å². The lowest BCUT2D eigenvalue weighted by Crippen LogP contribution is -1.95. The van der Waals surface area contributed by atoms with Gasteiger partial charge in [-0.15, -0.1) is 0 Å². The summed E-state index contributed by atoms with van der Waals surface area (Å²) in [5.41, 5.74) is 2.61. The SMILES string of the molecule is Cc1ccc2oc3ccc(S(C)(=O)=O)cc3c2c1. The van der Waals surface area contributed by atoms with Gasteiger partial charge in [-0.2, -0.15) is 0 Å². The van der Waals surface area contributed by atoms with E-state index in [4.69, 9.17) is 4.42 Å². The van der Waals surface area contributed by atoms with Crippen LogP contribution in [0.25, 0.3) is 21.9 Å². The summed E-state index contributed by atoms with van der Waals surface area (Å²) in [5.74, 6) is 0. The zero-order valence-electron chi connectivity index (χ0n) is 10.1. The van der Waals surface area contributed by atoms with Crippen LogP contribution in [-0.4, -0.2) is 14.7 Å². The molecule has 0 atom stereocenters. The van der Waals surface area contributed by atoms with Crippen LogP contribution >= 0.6 is 0 Å². The van der Waals surface area contributed by atoms with Gasteiger partial charge in [-0.05, 0) is 37.3 Å². The van der Waals surface area contributed by atoms with E-state index >= 15 is 0 Å². The fraction of sp³-hybridized carbons (Fsp3) is 0.143. The van der Waals surface area contributed by atoms with Gasteiger partial charge in [0.25, 0.3) is 0 Å². The van der Waals surface area contributed by atoms with Gasteiger partial charge >= 0.3 is 0 Å². The highest BCUT2D eigenvalue weighted by Crippen LogP contribution is 2.30. The molecule has 3 rings (SSSR count). The van der Waals surface area contributed by atoms with Crippen molar-refractivity contribution in [2.45, 2.75) is 11.8 Å². The van der Waals surface area contributed by atoms with Crippen LogP contribution in [0.2, 0.25) is 0 Å². The van der Waals surface area contributed by atoms with Crippen molar-refractivity contribution in [1.29, 1.82) is 0 Å². The van der Waals surface area contributed by atoms with E-state index in [1.807, 2.05) is 25.1 Å². The van der Waals surface area contributed by atoms with Crippen LogP contribution in [0.15, 0.2) is 45.7 Å². The smallest absolute Gasteiger partial charge is 0.175 e. The maximum Gasteiger partial charge on any atom is 0.175 e. The number of benzene rings is 2. The Hall–Kier alpha value is -1.81. The van der Waals surface area contributed by atoms with Crippen molar-refractivity contribution in [3.63, 3.8) is 0 Å². The van der Waals surface area contributed by atoms with Crippen molar-refractivity contribution in [2.24, 2.45) is 0 Å². The topological polar surface area (TPSA) is 47.3 Å². The Morgan fingerprint density at radius 2 is 1.56 bits per heavy atom. The monoisotopic (exact) mass is 260 g/mol. The number of hydrogen-bond acceptors (Lipinski definition) is 3. The predicted molar refractivity (Wildman–Crippen MR) is 71.6 cm³/mol. The van der Waals surface area contributed by atoms with E-state index in [-0.39, 0.29) is 0 Å². The maximum absolute atomic E-state index is 11.6. The van der Waals surface area contributed by atoms with Gasteiger partial charge in [-0.3, -0.25) is 0 Å². The third-order valence-corrected chi connectivity index (χ3v) is 4.13. The standard InChI is InChI=1S/C14H12O3S/c1-9-3-5-13-11(7-9)12-8-10(18(2,15)16)4-6-14(12)17-13/h3-8H,1-2H3. The molecule has 4 heteroatoms. The lowest BCUT2D eigenvalue weighted by atomic mass is 10.1. The summed E-state index contributed by atoms with van der Waals surface area (Å²) in [6.07, 6.45) is 1.21. The molecular formula is C14H12O3S. The highest BCUT2D eigenvalue weighted by molar-refractivity contribution is 7.90. The number of sulfone groups is 1. The molecular weight excluding hydrogens is 248 g/mol. The molecule has 0 N–H and O–H groups in total. The van der Waals surface area contributed by atoms with E-state index < -0.39 is 9.84 Å². The van der Waals surface area contributed by atoms with E-state index in [1.54, 1.807) is 18.2 Å². The number of aryl methyl sites for hydroxylation is 1. The Morgan fingerprint density at radius 1 is 0.944 bits per heavy atom. The molecule has 0 unspecified atom stereocenters. The molecule has 0 aliphatic heterocycles. The summed E-state index contributed by atoms with van der Waals surface area (Å²) in [5, 5.41) is 1.80. The largest absolute Gasteiger partial charge is 0.456 e. The van der Waals surface area contributed by atoms with E-state index in [0.717, 1.165) is 21.9 Å². The molecule has 0 aliphatic carbocycles. The van der Waals surface area contributed by atoms with Gasteiger partial charge < -0.3 is 4.42 Å². The van der Waals surface area contributed by atoms with Gasteiger partial charge in [0.1, 0.15) is 11.2 Å². The second-order valence-electron chi connectivity index (χ2n) is 4.53. The Kier molecular flexibility index (Phi) is 2.25. The lowest BCUT2D eigenvalue weighted by molar-refractivity contribution is 0.602. The lowest BCUT2D eigenvalue weighted by Gasteiger charge is -1.97. The number of rotatable bonds is 1. The minimum Gasteiger partial charge on any atom is -0.456 e. The highest BCUT2D eigenvalue weighted by Gasteiger charge is 2.12. The summed E-state index contributed by atoms with van der Waals surface area (Å²) < 4.78 is 28.8. The minimum absolute atomic E-state index is 0.319. The third-order valence-electron chi connectivity index (χ3n) is 3.02. The molecule has 0 spiro atoms. The summed E-state index contributed by atoms with van der Waals surface area (Å²) in [6, 6.07) is 10.9. The molecule has 0 radical (unpaired) electrons. The van der Waals surface area contributed by atoms with Crippen molar-refractivity contribution in [2.75, 3.05) is 6.26 Å². The number of hydrogen-bond donors (Lipinski definition) is 0. The van der Waals surface area contributed by atoms with Gasteiger partial charge in [0, 0.05) is 17.0 Å². The molecule has 3 nitrogen and oxygen atoms in total. The molecule has 1 heterocycles. The second kappa shape index (κ2) is 3.59. The van der Waals surface area contributed by atoms with Crippen molar-refractivity contribution >= 4 is 31.8 Å². The van der Waals surface area contributed by atoms with Crippen LogP contribution in [0, 0.1) is 6.92 Å². The first-order chi connectivity index (χ1) is 8.45. The van der Waals surface area contributed by atoms with E-state index in [9.17, 15) is 8.42 Å². The highest BCUT2D eigenvalue weighted by atomic mass is 32.2. The van der Waals surface area contributed by atoms with Crippen LogP contribution in [0.3, 0.4) is 0 Å². The first kappa shape index (κ1) is 11.3. The fourth-order valence-electron chi connectivity index (χ4n) is 2.10. The molecule has 0 saturated heterocycles. The molecule has 3 aromatic rings. The average molecular weight is 260 g/mol. The van der Waals surface area contributed by atoms with Crippen molar-refractivity contribution in [1.82, 2.24) is 0 Å². The zero-order valence-corrected chi connectivity index (χ0v) is 10.9. The fourth-order valence-corrected chi connectivity index (χ4v) is 2.75. The van der Waals surface area contributed by atoms with Gasteiger partial charge in [0.05, 0.1) is 4.90 Å². The second-order valence-corrected chi connectivity index (χ2v) is 6.55. The van der Waals surface area contributed by atoms with Crippen molar-refractivity contribution in [3.8, 4) is 0 Å². The summed E-state index contributed by atoms with van der Waals surface area (Å²) in [4.78, 5) is 0.319. The molecule has 0 fully saturated rings. The molecule has 2 aromatic carbocycles. The Balaban J connectivity index is 2.45. The first-order valence-electron chi connectivity index (χ1n) is 5.58. The predicted octanol–water partition coefficient (Wildman–Crippen LogP) is 3.30. The van der Waals surface area contributed by atoms with Gasteiger partial charge in [0.15, 0.2) is 9.84 Å². The third kappa shape index (κ3) is 1.69. The molecule has 1 aromatic heterocycles. The summed E-state index contributed by atoms with van der Waals surface area (Å²) >= 11 is 0. The van der Waals surface area contributed by atoms with Crippen molar-refractivity contribution < 1.29 is 12.8 Å². The number of furan rings is 1. The zero-order chi connectivity index (χ0) is 12.9. The number of fused-ring (bicyclic) bond motifs is 3. The van der Waals surface area contributed by atoms with Crippen molar-refractivity contribution in [3.05, 3.63) is 42.0 Å². The molecule has 92 valence electrons. The van der Waals surface area contributed by atoms with Crippen LogP contribution < -0.4 is 0 Å². The van der Waals surface area contributed by atoms with Crippen LogP contribution in [-0.2, 0) is 9.84 Å². The van der Waals surface area contributed by atoms with E-state index in [0.29, 0.717) is 10.5 Å². The Labute approximate surface area is 105 Å². The Morgan fingerprint density at radius 3 is 2.22 bits per heavy atom. The minimum atomic E-state index is -3.19. The van der Waals surface area contributed by atoms with Crippen LogP contribution in [0.1, 0.15) is 5.56 Å². The van der Waals surface area contributed by atoms with Gasteiger partial charge in [0.2, 0.25) is 0 Å². The molecule has 18 heavy (non-hydrogen) atoms.